The second-order valence-electron chi connectivity index (χ2n) is 5.74. The molecule has 3 rings (SSSR count). The van der Waals surface area contributed by atoms with Gasteiger partial charge in [0.15, 0.2) is 0 Å². The monoisotopic (exact) mass is 349 g/mol. The van der Waals surface area contributed by atoms with Gasteiger partial charge >= 0.3 is 0 Å². The van der Waals surface area contributed by atoms with E-state index in [1.807, 2.05) is 62.4 Å². The molecule has 2 N–H and O–H groups in total. The lowest BCUT2D eigenvalue weighted by Crippen LogP contribution is -2.12. The lowest BCUT2D eigenvalue weighted by atomic mass is 10.1. The predicted octanol–water partition coefficient (Wildman–Crippen LogP) is 3.94. The molecule has 5 nitrogen and oxygen atoms in total. The maximum absolute atomic E-state index is 12.2. The van der Waals surface area contributed by atoms with Crippen LogP contribution < -0.4 is 10.6 Å². The number of pyridine rings is 1. The number of carbonyl (C=O) groups is 2. The topological polar surface area (TPSA) is 71.1 Å². The third-order valence-electron chi connectivity index (χ3n) is 3.69. The number of aromatic nitrogens is 1. The summed E-state index contributed by atoms with van der Waals surface area (Å²) in [7, 11) is 0. The molecule has 0 unspecified atom stereocenters. The number of hydrogen-bond donors (Lipinski definition) is 2. The van der Waals surface area contributed by atoms with Crippen LogP contribution in [0, 0.1) is 6.92 Å². The molecule has 26 heavy (non-hydrogen) atoms. The van der Waals surface area contributed by atoms with Gasteiger partial charge in [-0.05, 0) is 36.9 Å². The smallest absolute Gasteiger partial charge is 0.257 e. The second-order valence-corrected chi connectivity index (χ2v) is 5.74. The van der Waals surface area contributed by atoms with E-state index < -0.39 is 0 Å². The van der Waals surface area contributed by atoms with Crippen molar-refractivity contribution < 1.29 is 9.59 Å². The van der Waals surface area contributed by atoms with E-state index in [1.54, 1.807) is 12.3 Å². The van der Waals surface area contributed by atoms with Crippen molar-refractivity contribution in [3.8, 4) is 0 Å². The lowest BCUT2D eigenvalue weighted by molar-refractivity contribution is -0.109. The Labute approximate surface area is 153 Å². The molecule has 0 atom stereocenters. The highest BCUT2D eigenvalue weighted by molar-refractivity contribution is 6.08. The highest BCUT2D eigenvalue weighted by atomic mass is 16.1. The zero-order valence-corrected chi connectivity index (χ0v) is 15.0. The fraction of sp³-hybridized carbons (Fsp3) is 0.190. The summed E-state index contributed by atoms with van der Waals surface area (Å²) in [6.45, 7) is 4.70. The number of rotatable bonds is 5. The number of carbonyl (C=O) groups excluding carboxylic acids is 2. The Balaban J connectivity index is 0.000000352. The number of amides is 2. The number of anilines is 1. The zero-order chi connectivity index (χ0) is 18.8. The van der Waals surface area contributed by atoms with Crippen LogP contribution in [0.5, 0.6) is 0 Å². The van der Waals surface area contributed by atoms with E-state index in [0.717, 1.165) is 35.1 Å². The minimum atomic E-state index is -0.145. The summed E-state index contributed by atoms with van der Waals surface area (Å²) in [4.78, 5) is 25.8. The molecule has 2 aromatic carbocycles. The lowest BCUT2D eigenvalue weighted by Gasteiger charge is -2.08. The summed E-state index contributed by atoms with van der Waals surface area (Å²) in [5, 5.41) is 7.59. The Morgan fingerprint density at radius 2 is 1.85 bits per heavy atom. The molecule has 134 valence electrons. The highest BCUT2D eigenvalue weighted by Crippen LogP contribution is 2.23. The molecule has 5 heteroatoms. The van der Waals surface area contributed by atoms with Gasteiger partial charge in [-0.15, -0.1) is 0 Å². The van der Waals surface area contributed by atoms with Gasteiger partial charge in [0.05, 0.1) is 5.56 Å². The van der Waals surface area contributed by atoms with Gasteiger partial charge in [-0.25, -0.2) is 0 Å². The summed E-state index contributed by atoms with van der Waals surface area (Å²) in [5.41, 5.74) is 2.27. The third-order valence-corrected chi connectivity index (χ3v) is 3.69. The largest absolute Gasteiger partial charge is 0.359 e. The standard InChI is InChI=1S/C17H14N2O.C4H9NO/c1-12-9-10-14(11-18-12)17(20)19-16-8-4-6-13-5-2-3-7-15(13)16;1-2-3-5-4-6/h2-11H,1H3,(H,19,20);4H,2-3H2,1H3,(H,5,6). The van der Waals surface area contributed by atoms with Crippen molar-refractivity contribution in [2.75, 3.05) is 11.9 Å². The molecule has 0 saturated carbocycles. The van der Waals surface area contributed by atoms with Gasteiger partial charge in [-0.2, -0.15) is 0 Å². The zero-order valence-electron chi connectivity index (χ0n) is 15.0. The van der Waals surface area contributed by atoms with Crippen LogP contribution in [0.3, 0.4) is 0 Å². The van der Waals surface area contributed by atoms with Crippen LogP contribution in [-0.2, 0) is 4.79 Å². The fourth-order valence-electron chi connectivity index (χ4n) is 2.33. The fourth-order valence-corrected chi connectivity index (χ4v) is 2.33. The predicted molar refractivity (Wildman–Crippen MR) is 105 cm³/mol. The molecule has 0 fully saturated rings. The summed E-state index contributed by atoms with van der Waals surface area (Å²) in [5.74, 6) is -0.145. The highest BCUT2D eigenvalue weighted by Gasteiger charge is 2.08. The van der Waals surface area contributed by atoms with Crippen LogP contribution in [-0.4, -0.2) is 23.8 Å². The minimum Gasteiger partial charge on any atom is -0.359 e. The molecule has 0 saturated heterocycles. The van der Waals surface area contributed by atoms with Crippen LogP contribution >= 0.6 is 0 Å². The van der Waals surface area contributed by atoms with Crippen molar-refractivity contribution in [1.29, 1.82) is 0 Å². The van der Waals surface area contributed by atoms with Crippen molar-refractivity contribution in [2.24, 2.45) is 0 Å². The average molecular weight is 349 g/mol. The molecule has 1 aromatic heterocycles. The van der Waals surface area contributed by atoms with Crippen LogP contribution in [0.25, 0.3) is 10.8 Å². The van der Waals surface area contributed by atoms with E-state index in [0.29, 0.717) is 12.0 Å². The van der Waals surface area contributed by atoms with Crippen LogP contribution in [0.4, 0.5) is 5.69 Å². The maximum atomic E-state index is 12.2. The van der Waals surface area contributed by atoms with Crippen LogP contribution in [0.1, 0.15) is 29.4 Å². The van der Waals surface area contributed by atoms with Crippen molar-refractivity contribution in [2.45, 2.75) is 20.3 Å². The Kier molecular flexibility index (Phi) is 7.31. The van der Waals surface area contributed by atoms with E-state index in [1.165, 1.54) is 0 Å². The Morgan fingerprint density at radius 3 is 2.50 bits per heavy atom. The molecular weight excluding hydrogens is 326 g/mol. The maximum Gasteiger partial charge on any atom is 0.257 e. The number of aryl methyl sites for hydroxylation is 1. The van der Waals surface area contributed by atoms with E-state index in [-0.39, 0.29) is 5.91 Å². The summed E-state index contributed by atoms with van der Waals surface area (Å²) in [6, 6.07) is 17.5. The molecule has 3 aromatic rings. The van der Waals surface area contributed by atoms with Crippen LogP contribution in [0.2, 0.25) is 0 Å². The van der Waals surface area contributed by atoms with Crippen LogP contribution in [0.15, 0.2) is 60.8 Å². The van der Waals surface area contributed by atoms with Gasteiger partial charge in [0.1, 0.15) is 0 Å². The first-order valence-electron chi connectivity index (χ1n) is 8.54. The molecule has 0 spiro atoms. The quantitative estimate of drug-likeness (QED) is 0.541. The first-order valence-corrected chi connectivity index (χ1v) is 8.54. The first-order chi connectivity index (χ1) is 12.7. The molecule has 0 aliphatic carbocycles. The van der Waals surface area contributed by atoms with Gasteiger partial charge in [0, 0.05) is 29.5 Å². The van der Waals surface area contributed by atoms with E-state index in [9.17, 15) is 9.59 Å². The number of nitrogens with one attached hydrogen (secondary N) is 2. The van der Waals surface area contributed by atoms with E-state index >= 15 is 0 Å². The van der Waals surface area contributed by atoms with Gasteiger partial charge in [-0.3, -0.25) is 14.6 Å². The number of nitrogens with zero attached hydrogens (tertiary/aromatic N) is 1. The molecule has 0 aliphatic rings. The second kappa shape index (κ2) is 9.93. The van der Waals surface area contributed by atoms with Crippen molar-refractivity contribution in [1.82, 2.24) is 10.3 Å². The molecule has 0 bridgehead atoms. The molecule has 2 amide bonds. The van der Waals surface area contributed by atoms with Gasteiger partial charge in [0.2, 0.25) is 6.41 Å². The first kappa shape index (κ1) is 19.1. The Morgan fingerprint density at radius 1 is 1.08 bits per heavy atom. The Bertz CT molecular complexity index is 855. The third kappa shape index (κ3) is 5.41. The minimum absolute atomic E-state index is 0.145. The number of benzene rings is 2. The molecule has 0 radical (unpaired) electrons. The summed E-state index contributed by atoms with van der Waals surface area (Å²) < 4.78 is 0. The van der Waals surface area contributed by atoms with Crippen molar-refractivity contribution in [3.63, 3.8) is 0 Å². The molecule has 0 aliphatic heterocycles. The van der Waals surface area contributed by atoms with Gasteiger partial charge < -0.3 is 10.6 Å². The SMILES string of the molecule is CCCNC=O.Cc1ccc(C(=O)Nc2cccc3ccccc23)cn1. The van der Waals surface area contributed by atoms with E-state index in [4.69, 9.17) is 0 Å². The summed E-state index contributed by atoms with van der Waals surface area (Å²) in [6.07, 6.45) is 3.32. The number of fused-ring (bicyclic) bond motifs is 1. The summed E-state index contributed by atoms with van der Waals surface area (Å²) >= 11 is 0. The van der Waals surface area contributed by atoms with Crippen molar-refractivity contribution in [3.05, 3.63) is 72.1 Å². The molecular formula is C21H23N3O2. The van der Waals surface area contributed by atoms with Gasteiger partial charge in [-0.1, -0.05) is 43.3 Å². The average Bonchev–Trinajstić information content (AvgIpc) is 2.67. The normalized spacial score (nSPS) is 9.77. The van der Waals surface area contributed by atoms with Crippen molar-refractivity contribution >= 4 is 28.8 Å². The molecule has 1 heterocycles. The number of hydrogen-bond acceptors (Lipinski definition) is 3. The Hall–Kier alpha value is -3.21. The van der Waals surface area contributed by atoms with E-state index in [2.05, 4.69) is 15.6 Å². The van der Waals surface area contributed by atoms with Gasteiger partial charge in [0.25, 0.3) is 5.91 Å².